The van der Waals surface area contributed by atoms with Crippen molar-refractivity contribution in [2.75, 3.05) is 18.4 Å². The van der Waals surface area contributed by atoms with Crippen molar-refractivity contribution in [3.63, 3.8) is 0 Å². The highest BCUT2D eigenvalue weighted by Gasteiger charge is 2.23. The summed E-state index contributed by atoms with van der Waals surface area (Å²) in [6.45, 7) is 6.19. The van der Waals surface area contributed by atoms with Gasteiger partial charge in [-0.3, -0.25) is 4.79 Å². The average Bonchev–Trinajstić information content (AvgIpc) is 2.81. The number of aryl methyl sites for hydroxylation is 1. The molecule has 0 spiro atoms. The maximum Gasteiger partial charge on any atom is 0.248 e. The van der Waals surface area contributed by atoms with E-state index < -0.39 is 15.9 Å². The minimum Gasteiger partial charge on any atom is -0.455 e. The third-order valence-corrected chi connectivity index (χ3v) is 7.51. The normalized spacial score (nSPS) is 11.7. The average molecular weight is 499 g/mol. The Hall–Kier alpha value is -3.13. The van der Waals surface area contributed by atoms with Crippen molar-refractivity contribution >= 4 is 39.3 Å². The van der Waals surface area contributed by atoms with Crippen LogP contribution in [0.1, 0.15) is 25.0 Å². The molecule has 178 valence electrons. The number of benzene rings is 3. The first-order valence-electron chi connectivity index (χ1n) is 10.9. The van der Waals surface area contributed by atoms with Gasteiger partial charge in [-0.05, 0) is 55.0 Å². The number of sulfonamides is 1. The van der Waals surface area contributed by atoms with E-state index in [0.717, 1.165) is 5.56 Å². The van der Waals surface area contributed by atoms with Gasteiger partial charge in [-0.1, -0.05) is 61.3 Å². The molecule has 0 fully saturated rings. The lowest BCUT2D eigenvalue weighted by Crippen LogP contribution is -2.30. The van der Waals surface area contributed by atoms with Gasteiger partial charge in [0.05, 0.1) is 10.6 Å². The van der Waals surface area contributed by atoms with Crippen molar-refractivity contribution in [3.8, 4) is 11.5 Å². The number of rotatable bonds is 9. The molecular weight excluding hydrogens is 472 g/mol. The summed E-state index contributed by atoms with van der Waals surface area (Å²) in [5, 5.41) is 3.26. The van der Waals surface area contributed by atoms with Crippen molar-refractivity contribution in [1.29, 1.82) is 0 Å². The van der Waals surface area contributed by atoms with Gasteiger partial charge in [0, 0.05) is 24.2 Å². The molecule has 1 amide bonds. The maximum absolute atomic E-state index is 13.0. The van der Waals surface area contributed by atoms with Gasteiger partial charge in [0.2, 0.25) is 15.9 Å². The van der Waals surface area contributed by atoms with Crippen LogP contribution < -0.4 is 10.1 Å². The van der Waals surface area contributed by atoms with Gasteiger partial charge < -0.3 is 10.1 Å². The summed E-state index contributed by atoms with van der Waals surface area (Å²) in [7, 11) is -3.72. The largest absolute Gasteiger partial charge is 0.455 e. The van der Waals surface area contributed by atoms with Crippen molar-refractivity contribution in [2.45, 2.75) is 25.7 Å². The van der Waals surface area contributed by atoms with Crippen LogP contribution in [-0.4, -0.2) is 31.7 Å². The standard InChI is InChI=1S/C26H27ClN2O4S/c1-4-29(5-2)34(31,32)22-15-16-25(33-21-13-10-19(3)11-14-21)24(18-22)28-26(30)17-12-20-8-6-7-9-23(20)27/h6-18H,4-5H2,1-3H3,(H,28,30)/b17-12+. The van der Waals surface area contributed by atoms with E-state index in [-0.39, 0.29) is 10.6 Å². The summed E-state index contributed by atoms with van der Waals surface area (Å²) in [6, 6.07) is 19.0. The van der Waals surface area contributed by atoms with Crippen molar-refractivity contribution < 1.29 is 17.9 Å². The highest BCUT2D eigenvalue weighted by molar-refractivity contribution is 7.89. The Morgan fingerprint density at radius 2 is 1.71 bits per heavy atom. The van der Waals surface area contributed by atoms with Gasteiger partial charge in [0.15, 0.2) is 5.75 Å². The Labute approximate surface area is 205 Å². The first-order chi connectivity index (χ1) is 16.2. The number of ether oxygens (including phenoxy) is 1. The van der Waals surface area contributed by atoms with Gasteiger partial charge in [0.1, 0.15) is 5.75 Å². The van der Waals surface area contributed by atoms with Crippen LogP contribution in [0.2, 0.25) is 5.02 Å². The quantitative estimate of drug-likeness (QED) is 0.360. The summed E-state index contributed by atoms with van der Waals surface area (Å²) in [4.78, 5) is 12.8. The van der Waals surface area contributed by atoms with E-state index in [0.29, 0.717) is 35.2 Å². The van der Waals surface area contributed by atoms with E-state index in [2.05, 4.69) is 5.32 Å². The minimum absolute atomic E-state index is 0.0674. The maximum atomic E-state index is 13.0. The van der Waals surface area contributed by atoms with Gasteiger partial charge in [-0.25, -0.2) is 8.42 Å². The third-order valence-electron chi connectivity index (χ3n) is 5.12. The second-order valence-electron chi connectivity index (χ2n) is 7.51. The molecule has 6 nitrogen and oxygen atoms in total. The molecule has 0 saturated heterocycles. The number of nitrogens with zero attached hydrogens (tertiary/aromatic N) is 1. The lowest BCUT2D eigenvalue weighted by atomic mass is 10.2. The summed E-state index contributed by atoms with van der Waals surface area (Å²) in [6.07, 6.45) is 2.93. The predicted octanol–water partition coefficient (Wildman–Crippen LogP) is 6.12. The molecule has 0 aliphatic rings. The van der Waals surface area contributed by atoms with Crippen LogP contribution >= 0.6 is 11.6 Å². The smallest absolute Gasteiger partial charge is 0.248 e. The molecule has 0 atom stereocenters. The predicted molar refractivity (Wildman–Crippen MR) is 137 cm³/mol. The van der Waals surface area contributed by atoms with E-state index in [4.69, 9.17) is 16.3 Å². The fraction of sp³-hybridized carbons (Fsp3) is 0.192. The van der Waals surface area contributed by atoms with Crippen LogP contribution in [0.25, 0.3) is 6.08 Å². The fourth-order valence-corrected chi connectivity index (χ4v) is 4.94. The summed E-state index contributed by atoms with van der Waals surface area (Å²) < 4.78 is 33.4. The Balaban J connectivity index is 1.95. The molecular formula is C26H27ClN2O4S. The topological polar surface area (TPSA) is 75.7 Å². The number of nitrogens with one attached hydrogen (secondary N) is 1. The molecule has 3 rings (SSSR count). The van der Waals surface area contributed by atoms with Crippen molar-refractivity contribution in [1.82, 2.24) is 4.31 Å². The van der Waals surface area contributed by atoms with Gasteiger partial charge in [-0.2, -0.15) is 4.31 Å². The summed E-state index contributed by atoms with van der Waals surface area (Å²) in [5.41, 5.74) is 2.00. The van der Waals surface area contributed by atoms with E-state index in [1.165, 1.54) is 22.5 Å². The molecule has 0 aromatic heterocycles. The van der Waals surface area contributed by atoms with E-state index >= 15 is 0 Å². The van der Waals surface area contributed by atoms with Crippen molar-refractivity contribution in [2.24, 2.45) is 0 Å². The minimum atomic E-state index is -3.72. The van der Waals surface area contributed by atoms with Crippen LogP contribution in [0.3, 0.4) is 0 Å². The summed E-state index contributed by atoms with van der Waals surface area (Å²) >= 11 is 6.15. The number of hydrogen-bond donors (Lipinski definition) is 1. The number of carbonyl (C=O) groups is 1. The molecule has 0 aliphatic carbocycles. The van der Waals surface area contributed by atoms with Crippen LogP contribution in [0.15, 0.2) is 77.7 Å². The molecule has 1 N–H and O–H groups in total. The highest BCUT2D eigenvalue weighted by Crippen LogP contribution is 2.33. The Morgan fingerprint density at radius 3 is 2.35 bits per heavy atom. The number of carbonyl (C=O) groups excluding carboxylic acids is 1. The first kappa shape index (κ1) is 25.5. The third kappa shape index (κ3) is 6.26. The zero-order valence-corrected chi connectivity index (χ0v) is 20.9. The highest BCUT2D eigenvalue weighted by atomic mass is 35.5. The SMILES string of the molecule is CCN(CC)S(=O)(=O)c1ccc(Oc2ccc(C)cc2)c(NC(=O)/C=C/c2ccccc2Cl)c1. The monoisotopic (exact) mass is 498 g/mol. The zero-order chi connectivity index (χ0) is 24.7. The van der Waals surface area contributed by atoms with E-state index in [9.17, 15) is 13.2 Å². The number of amides is 1. The van der Waals surface area contributed by atoms with Crippen LogP contribution in [-0.2, 0) is 14.8 Å². The molecule has 0 saturated carbocycles. The molecule has 0 aliphatic heterocycles. The van der Waals surface area contributed by atoms with Gasteiger partial charge in [-0.15, -0.1) is 0 Å². The molecule has 3 aromatic rings. The molecule has 0 heterocycles. The number of anilines is 1. The molecule has 0 radical (unpaired) electrons. The Kier molecular flexibility index (Phi) is 8.50. The Bertz CT molecular complexity index is 1280. The lowest BCUT2D eigenvalue weighted by molar-refractivity contribution is -0.111. The van der Waals surface area contributed by atoms with E-state index in [1.807, 2.05) is 25.1 Å². The second-order valence-corrected chi connectivity index (χ2v) is 9.85. The van der Waals surface area contributed by atoms with Crippen LogP contribution in [0, 0.1) is 6.92 Å². The molecule has 34 heavy (non-hydrogen) atoms. The molecule has 0 bridgehead atoms. The van der Waals surface area contributed by atoms with Gasteiger partial charge in [0.25, 0.3) is 0 Å². The van der Waals surface area contributed by atoms with E-state index in [1.54, 1.807) is 56.3 Å². The molecule has 0 unspecified atom stereocenters. The number of halogens is 1. The van der Waals surface area contributed by atoms with Crippen LogP contribution in [0.5, 0.6) is 11.5 Å². The molecule has 8 heteroatoms. The lowest BCUT2D eigenvalue weighted by Gasteiger charge is -2.20. The second kappa shape index (κ2) is 11.3. The number of hydrogen-bond acceptors (Lipinski definition) is 4. The van der Waals surface area contributed by atoms with Crippen LogP contribution in [0.4, 0.5) is 5.69 Å². The fourth-order valence-electron chi connectivity index (χ4n) is 3.25. The van der Waals surface area contributed by atoms with Gasteiger partial charge >= 0.3 is 0 Å². The zero-order valence-electron chi connectivity index (χ0n) is 19.3. The first-order valence-corrected chi connectivity index (χ1v) is 12.7. The summed E-state index contributed by atoms with van der Waals surface area (Å²) in [5.74, 6) is 0.431. The molecule has 3 aromatic carbocycles. The van der Waals surface area contributed by atoms with Crippen molar-refractivity contribution in [3.05, 3.63) is 89.0 Å². The Morgan fingerprint density at radius 1 is 1.03 bits per heavy atom.